The van der Waals surface area contributed by atoms with Crippen LogP contribution in [0.1, 0.15) is 0 Å². The van der Waals surface area contributed by atoms with Crippen LogP contribution in [0.5, 0.6) is 0 Å². The van der Waals surface area contributed by atoms with Crippen molar-refractivity contribution in [3.05, 3.63) is 206 Å². The number of aromatic nitrogens is 4. The molecular formula is C57H34N4O2. The molecule has 4 heterocycles. The third-order valence-electron chi connectivity index (χ3n) is 12.2. The molecule has 0 atom stereocenters. The molecule has 13 aromatic rings. The Labute approximate surface area is 361 Å². The van der Waals surface area contributed by atoms with E-state index in [4.69, 9.17) is 23.8 Å². The molecule has 0 aliphatic heterocycles. The molecule has 4 aromatic heterocycles. The summed E-state index contributed by atoms with van der Waals surface area (Å²) in [6.07, 6.45) is 0. The summed E-state index contributed by atoms with van der Waals surface area (Å²) in [7, 11) is 0. The standard InChI is InChI=1S/C57H34N4O2/c1-4-14-35(15-5-1)40-31-47(57-59-55(36-16-6-2-7-17-36)58-56(60-57)37-18-8-3-9-19-37)54-45-28-26-41(34-52(45)63-53(54)33-40)61-48-22-12-10-20-42(48)46-30-38(25-29-49(46)61)39-24-27-44-43-21-11-13-23-50(43)62-51(44)32-39/h1-34H. The highest BCUT2D eigenvalue weighted by atomic mass is 16.3. The molecule has 0 saturated heterocycles. The first-order valence-electron chi connectivity index (χ1n) is 21.1. The van der Waals surface area contributed by atoms with E-state index in [1.165, 1.54) is 10.8 Å². The van der Waals surface area contributed by atoms with Crippen LogP contribution in [0, 0.1) is 0 Å². The van der Waals surface area contributed by atoms with Crippen LogP contribution in [0.2, 0.25) is 0 Å². The van der Waals surface area contributed by atoms with Crippen molar-refractivity contribution in [2.75, 3.05) is 0 Å². The molecule has 0 bridgehead atoms. The van der Waals surface area contributed by atoms with Crippen LogP contribution in [0.15, 0.2) is 215 Å². The van der Waals surface area contributed by atoms with Gasteiger partial charge in [-0.05, 0) is 82.9 Å². The number of fused-ring (bicyclic) bond motifs is 9. The summed E-state index contributed by atoms with van der Waals surface area (Å²) in [6.45, 7) is 0. The summed E-state index contributed by atoms with van der Waals surface area (Å²) in [5.74, 6) is 1.80. The first-order valence-corrected chi connectivity index (χ1v) is 21.1. The molecule has 6 heteroatoms. The van der Waals surface area contributed by atoms with Gasteiger partial charge in [-0.3, -0.25) is 0 Å². The Morgan fingerprint density at radius 1 is 0.302 bits per heavy atom. The number of para-hydroxylation sites is 2. The summed E-state index contributed by atoms with van der Waals surface area (Å²) in [6, 6.07) is 71.5. The summed E-state index contributed by atoms with van der Waals surface area (Å²) < 4.78 is 15.5. The quantitative estimate of drug-likeness (QED) is 0.167. The summed E-state index contributed by atoms with van der Waals surface area (Å²) >= 11 is 0. The van der Waals surface area contributed by atoms with Crippen LogP contribution < -0.4 is 0 Å². The molecule has 0 N–H and O–H groups in total. The molecule has 294 valence electrons. The number of hydrogen-bond donors (Lipinski definition) is 0. The number of benzene rings is 9. The molecule has 0 spiro atoms. The maximum atomic E-state index is 6.91. The van der Waals surface area contributed by atoms with Gasteiger partial charge in [0, 0.05) is 60.8 Å². The van der Waals surface area contributed by atoms with Crippen LogP contribution in [0.25, 0.3) is 128 Å². The number of hydrogen-bond acceptors (Lipinski definition) is 5. The Morgan fingerprint density at radius 2 is 0.841 bits per heavy atom. The normalized spacial score (nSPS) is 11.8. The van der Waals surface area contributed by atoms with Gasteiger partial charge >= 0.3 is 0 Å². The average molecular weight is 807 g/mol. The second-order valence-corrected chi connectivity index (χ2v) is 16.0. The third kappa shape index (κ3) is 5.76. The van der Waals surface area contributed by atoms with Gasteiger partial charge in [-0.25, -0.2) is 15.0 Å². The lowest BCUT2D eigenvalue weighted by Crippen LogP contribution is -2.00. The predicted octanol–water partition coefficient (Wildman–Crippen LogP) is 15.1. The largest absolute Gasteiger partial charge is 0.456 e. The average Bonchev–Trinajstić information content (AvgIpc) is 4.03. The Hall–Kier alpha value is -8.61. The summed E-state index contributed by atoms with van der Waals surface area (Å²) in [4.78, 5) is 15.3. The third-order valence-corrected chi connectivity index (χ3v) is 12.2. The van der Waals surface area contributed by atoms with Gasteiger partial charge in [-0.1, -0.05) is 140 Å². The van der Waals surface area contributed by atoms with Crippen LogP contribution in [0.3, 0.4) is 0 Å². The van der Waals surface area contributed by atoms with Crippen molar-refractivity contribution >= 4 is 65.7 Å². The van der Waals surface area contributed by atoms with Gasteiger partial charge in [0.1, 0.15) is 22.3 Å². The minimum absolute atomic E-state index is 0.579. The van der Waals surface area contributed by atoms with Gasteiger partial charge < -0.3 is 13.4 Å². The van der Waals surface area contributed by atoms with Gasteiger partial charge in [0.05, 0.1) is 11.0 Å². The van der Waals surface area contributed by atoms with Crippen molar-refractivity contribution in [1.82, 2.24) is 19.5 Å². The van der Waals surface area contributed by atoms with E-state index in [2.05, 4.69) is 132 Å². The number of furan rings is 2. The van der Waals surface area contributed by atoms with Crippen LogP contribution in [-0.4, -0.2) is 19.5 Å². The second-order valence-electron chi connectivity index (χ2n) is 16.0. The van der Waals surface area contributed by atoms with Crippen molar-refractivity contribution in [3.8, 4) is 62.1 Å². The SMILES string of the molecule is c1ccc(-c2cc(-c3nc(-c4ccccc4)nc(-c4ccccc4)n3)c3c(c2)oc2cc(-n4c5ccccc5c5cc(-c6ccc7c(c6)oc6ccccc67)ccc54)ccc23)cc1. The Bertz CT molecular complexity index is 3850. The molecule has 0 fully saturated rings. The smallest absolute Gasteiger partial charge is 0.164 e. The molecule has 0 aliphatic carbocycles. The fraction of sp³-hybridized carbons (Fsp3) is 0. The lowest BCUT2D eigenvalue weighted by atomic mass is 9.98. The maximum Gasteiger partial charge on any atom is 0.164 e. The molecule has 6 nitrogen and oxygen atoms in total. The molecule has 0 amide bonds. The zero-order valence-corrected chi connectivity index (χ0v) is 33.7. The van der Waals surface area contributed by atoms with Crippen LogP contribution >= 0.6 is 0 Å². The van der Waals surface area contributed by atoms with E-state index in [9.17, 15) is 0 Å². The summed E-state index contributed by atoms with van der Waals surface area (Å²) in [5.41, 5.74) is 13.6. The molecular weight excluding hydrogens is 773 g/mol. The molecule has 9 aromatic carbocycles. The van der Waals surface area contributed by atoms with Crippen LogP contribution in [0.4, 0.5) is 0 Å². The molecule has 0 unspecified atom stereocenters. The highest BCUT2D eigenvalue weighted by Crippen LogP contribution is 2.42. The van der Waals surface area contributed by atoms with Crippen molar-refractivity contribution in [2.45, 2.75) is 0 Å². The van der Waals surface area contributed by atoms with Crippen LogP contribution in [-0.2, 0) is 0 Å². The fourth-order valence-electron chi connectivity index (χ4n) is 9.27. The number of rotatable bonds is 6. The van der Waals surface area contributed by atoms with E-state index >= 15 is 0 Å². The molecule has 0 aliphatic rings. The van der Waals surface area contributed by atoms with Crippen molar-refractivity contribution in [3.63, 3.8) is 0 Å². The minimum Gasteiger partial charge on any atom is -0.456 e. The lowest BCUT2D eigenvalue weighted by Gasteiger charge is -2.11. The Morgan fingerprint density at radius 3 is 1.60 bits per heavy atom. The molecule has 0 radical (unpaired) electrons. The highest BCUT2D eigenvalue weighted by molar-refractivity contribution is 6.15. The van der Waals surface area contributed by atoms with Crippen molar-refractivity contribution < 1.29 is 8.83 Å². The van der Waals surface area contributed by atoms with Gasteiger partial charge in [-0.15, -0.1) is 0 Å². The first-order chi connectivity index (χ1) is 31.2. The Kier molecular flexibility index (Phi) is 7.80. The van der Waals surface area contributed by atoms with Crippen molar-refractivity contribution in [1.29, 1.82) is 0 Å². The predicted molar refractivity (Wildman–Crippen MR) is 256 cm³/mol. The Balaban J connectivity index is 0.995. The van der Waals surface area contributed by atoms with Gasteiger partial charge in [0.15, 0.2) is 17.5 Å². The van der Waals surface area contributed by atoms with E-state index in [0.29, 0.717) is 17.5 Å². The molecule has 13 rings (SSSR count). The van der Waals surface area contributed by atoms with Gasteiger partial charge in [0.2, 0.25) is 0 Å². The topological polar surface area (TPSA) is 69.9 Å². The van der Waals surface area contributed by atoms with Crippen molar-refractivity contribution in [2.24, 2.45) is 0 Å². The zero-order valence-electron chi connectivity index (χ0n) is 33.7. The minimum atomic E-state index is 0.579. The first kappa shape index (κ1) is 35.2. The molecule has 63 heavy (non-hydrogen) atoms. The monoisotopic (exact) mass is 806 g/mol. The summed E-state index contributed by atoms with van der Waals surface area (Å²) in [5, 5.41) is 6.54. The highest BCUT2D eigenvalue weighted by Gasteiger charge is 2.21. The zero-order chi connectivity index (χ0) is 41.4. The second kappa shape index (κ2) is 14.0. The van der Waals surface area contributed by atoms with Gasteiger partial charge in [-0.2, -0.15) is 0 Å². The van der Waals surface area contributed by atoms with E-state index in [0.717, 1.165) is 99.5 Å². The van der Waals surface area contributed by atoms with E-state index in [-0.39, 0.29) is 0 Å². The van der Waals surface area contributed by atoms with E-state index in [1.807, 2.05) is 78.9 Å². The van der Waals surface area contributed by atoms with E-state index in [1.54, 1.807) is 0 Å². The maximum absolute atomic E-state index is 6.91. The lowest BCUT2D eigenvalue weighted by molar-refractivity contribution is 0.668. The fourth-order valence-corrected chi connectivity index (χ4v) is 9.27. The molecule has 0 saturated carbocycles. The van der Waals surface area contributed by atoms with Gasteiger partial charge in [0.25, 0.3) is 0 Å². The number of nitrogens with zero attached hydrogens (tertiary/aromatic N) is 4. The van der Waals surface area contributed by atoms with E-state index < -0.39 is 0 Å².